The number of benzene rings is 1. The number of carbonyl (C=O) groups is 1. The molecule has 1 aliphatic carbocycles. The first-order valence-corrected chi connectivity index (χ1v) is 6.86. The van der Waals surface area contributed by atoms with Crippen LogP contribution in [0.25, 0.3) is 0 Å². The zero-order valence-corrected chi connectivity index (χ0v) is 12.6. The number of ether oxygens (including phenoxy) is 1. The fourth-order valence-electron chi connectivity index (χ4n) is 2.17. The maximum atomic E-state index is 14.1. The predicted molar refractivity (Wildman–Crippen MR) is 72.7 cm³/mol. The normalized spacial score (nSPS) is 14.3. The number of esters is 1. The molecular formula is C13H14BrF2NO3. The summed E-state index contributed by atoms with van der Waals surface area (Å²) in [5.74, 6) is -3.38. The summed E-state index contributed by atoms with van der Waals surface area (Å²) in [5.41, 5.74) is 0.0459. The lowest BCUT2D eigenvalue weighted by atomic mass is 10.1. The maximum Gasteiger partial charge on any atom is 0.343 e. The van der Waals surface area contributed by atoms with Gasteiger partial charge in [0, 0.05) is 6.04 Å². The van der Waals surface area contributed by atoms with E-state index in [1.807, 2.05) is 0 Å². The highest BCUT2D eigenvalue weighted by atomic mass is 79.9. The van der Waals surface area contributed by atoms with Crippen molar-refractivity contribution in [2.24, 2.45) is 0 Å². The van der Waals surface area contributed by atoms with Gasteiger partial charge in [-0.15, -0.1) is 0 Å². The highest BCUT2D eigenvalue weighted by Crippen LogP contribution is 2.40. The molecule has 0 amide bonds. The molecule has 7 heteroatoms. The van der Waals surface area contributed by atoms with Crippen LogP contribution in [0, 0.1) is 18.6 Å². The fourth-order valence-corrected chi connectivity index (χ4v) is 2.53. The Morgan fingerprint density at radius 2 is 2.05 bits per heavy atom. The zero-order chi connectivity index (χ0) is 15.0. The van der Waals surface area contributed by atoms with Crippen molar-refractivity contribution in [3.8, 4) is 0 Å². The molecule has 0 spiro atoms. The molecule has 1 fully saturated rings. The highest BCUT2D eigenvalue weighted by Gasteiger charge is 2.36. The van der Waals surface area contributed by atoms with Crippen LogP contribution in [0.3, 0.4) is 0 Å². The number of aliphatic hydroxyl groups is 1. The lowest BCUT2D eigenvalue weighted by Gasteiger charge is -2.27. The van der Waals surface area contributed by atoms with Gasteiger partial charge in [0.2, 0.25) is 0 Å². The second-order valence-electron chi connectivity index (χ2n) is 4.62. The summed E-state index contributed by atoms with van der Waals surface area (Å²) < 4.78 is 32.4. The van der Waals surface area contributed by atoms with E-state index in [-0.39, 0.29) is 22.9 Å². The Morgan fingerprint density at radius 3 is 2.50 bits per heavy atom. The Labute approximate surface area is 123 Å². The van der Waals surface area contributed by atoms with E-state index in [1.54, 1.807) is 6.92 Å². The molecule has 20 heavy (non-hydrogen) atoms. The second kappa shape index (κ2) is 5.65. The number of hydrogen-bond donors (Lipinski definition) is 1. The predicted octanol–water partition coefficient (Wildman–Crippen LogP) is 2.74. The quantitative estimate of drug-likeness (QED) is 0.515. The van der Waals surface area contributed by atoms with Crippen LogP contribution in [0.1, 0.15) is 28.8 Å². The Kier molecular flexibility index (Phi) is 4.29. The number of methoxy groups -OCH3 is 1. The molecule has 0 atom stereocenters. The molecule has 0 bridgehead atoms. The van der Waals surface area contributed by atoms with E-state index in [1.165, 1.54) is 4.90 Å². The number of nitrogens with zero attached hydrogens (tertiary/aromatic N) is 1. The molecule has 0 aliphatic heterocycles. The summed E-state index contributed by atoms with van der Waals surface area (Å²) in [6.45, 7) is 1.17. The van der Waals surface area contributed by atoms with Crippen LogP contribution in [0.5, 0.6) is 0 Å². The van der Waals surface area contributed by atoms with Gasteiger partial charge in [0.15, 0.2) is 11.6 Å². The average Bonchev–Trinajstić information content (AvgIpc) is 3.27. The number of carbonyl (C=O) groups excluding carboxylic acids is 1. The summed E-state index contributed by atoms with van der Waals surface area (Å²) >= 11 is 2.98. The van der Waals surface area contributed by atoms with Crippen molar-refractivity contribution in [3.05, 3.63) is 27.2 Å². The molecule has 1 aliphatic rings. The molecule has 0 saturated heterocycles. The van der Waals surface area contributed by atoms with Gasteiger partial charge >= 0.3 is 5.97 Å². The van der Waals surface area contributed by atoms with E-state index in [2.05, 4.69) is 20.7 Å². The Bertz CT molecular complexity index is 561. The first-order chi connectivity index (χ1) is 9.43. The molecule has 0 aromatic heterocycles. The summed E-state index contributed by atoms with van der Waals surface area (Å²) in [7, 11) is 1.10. The lowest BCUT2D eigenvalue weighted by molar-refractivity contribution is 0.0594. The summed E-state index contributed by atoms with van der Waals surface area (Å²) in [5, 5.41) is 9.49. The van der Waals surface area contributed by atoms with Crippen molar-refractivity contribution in [2.75, 3.05) is 18.7 Å². The van der Waals surface area contributed by atoms with Crippen molar-refractivity contribution < 1.29 is 23.4 Å². The number of anilines is 1. The molecule has 110 valence electrons. The van der Waals surface area contributed by atoms with Crippen LogP contribution in [0.15, 0.2) is 4.47 Å². The van der Waals surface area contributed by atoms with E-state index in [4.69, 9.17) is 0 Å². The van der Waals surface area contributed by atoms with E-state index in [9.17, 15) is 18.7 Å². The Hall–Kier alpha value is -1.21. The molecule has 4 nitrogen and oxygen atoms in total. The monoisotopic (exact) mass is 349 g/mol. The topological polar surface area (TPSA) is 49.8 Å². The van der Waals surface area contributed by atoms with Gasteiger partial charge in [-0.2, -0.15) is 0 Å². The third-order valence-electron chi connectivity index (χ3n) is 3.34. The Balaban J connectivity index is 2.71. The first kappa shape index (κ1) is 15.2. The maximum absolute atomic E-state index is 14.1. The highest BCUT2D eigenvalue weighted by molar-refractivity contribution is 9.10. The summed E-state index contributed by atoms with van der Waals surface area (Å²) in [6.07, 6.45) is 1.66. The van der Waals surface area contributed by atoms with Gasteiger partial charge in [0.25, 0.3) is 0 Å². The molecule has 0 unspecified atom stereocenters. The van der Waals surface area contributed by atoms with Gasteiger partial charge in [-0.05, 0) is 41.3 Å². The first-order valence-electron chi connectivity index (χ1n) is 6.06. The number of rotatable bonds is 4. The van der Waals surface area contributed by atoms with E-state index in [0.717, 1.165) is 20.0 Å². The number of hydrogen-bond acceptors (Lipinski definition) is 4. The Morgan fingerprint density at radius 1 is 1.45 bits per heavy atom. The molecule has 1 saturated carbocycles. The van der Waals surface area contributed by atoms with Gasteiger partial charge in [-0.3, -0.25) is 0 Å². The summed E-state index contributed by atoms with van der Waals surface area (Å²) in [4.78, 5) is 13.3. The molecule has 1 N–H and O–H groups in total. The largest absolute Gasteiger partial charge is 0.465 e. The van der Waals surface area contributed by atoms with E-state index < -0.39 is 23.2 Å². The van der Waals surface area contributed by atoms with Crippen molar-refractivity contribution in [1.29, 1.82) is 0 Å². The van der Waals surface area contributed by atoms with Crippen LogP contribution in [0.2, 0.25) is 0 Å². The van der Waals surface area contributed by atoms with Gasteiger partial charge < -0.3 is 14.7 Å². The molecule has 2 rings (SSSR count). The van der Waals surface area contributed by atoms with Crippen LogP contribution < -0.4 is 4.90 Å². The van der Waals surface area contributed by atoms with E-state index >= 15 is 0 Å². The molecule has 1 aromatic carbocycles. The van der Waals surface area contributed by atoms with Crippen molar-refractivity contribution >= 4 is 27.6 Å². The minimum absolute atomic E-state index is 0.0267. The van der Waals surface area contributed by atoms with Crippen LogP contribution in [-0.2, 0) is 4.74 Å². The smallest absolute Gasteiger partial charge is 0.343 e. The summed E-state index contributed by atoms with van der Waals surface area (Å²) in [6, 6.07) is 0.0267. The minimum Gasteiger partial charge on any atom is -0.465 e. The van der Waals surface area contributed by atoms with Crippen LogP contribution >= 0.6 is 15.9 Å². The van der Waals surface area contributed by atoms with Gasteiger partial charge in [0.05, 0.1) is 17.3 Å². The van der Waals surface area contributed by atoms with Gasteiger partial charge in [0.1, 0.15) is 12.3 Å². The van der Waals surface area contributed by atoms with E-state index in [0.29, 0.717) is 5.56 Å². The zero-order valence-electron chi connectivity index (χ0n) is 11.0. The second-order valence-corrected chi connectivity index (χ2v) is 5.42. The number of halogens is 3. The lowest BCUT2D eigenvalue weighted by Crippen LogP contribution is -2.30. The number of aliphatic hydroxyl groups excluding tert-OH is 1. The SMILES string of the molecule is COC(=O)c1c(F)c(F)c(Br)c(C)c1N(CO)C1CC1. The van der Waals surface area contributed by atoms with Crippen LogP contribution in [-0.4, -0.2) is 31.0 Å². The molecule has 0 radical (unpaired) electrons. The van der Waals surface area contributed by atoms with Crippen LogP contribution in [0.4, 0.5) is 14.5 Å². The van der Waals surface area contributed by atoms with Gasteiger partial charge in [-0.25, -0.2) is 13.6 Å². The molecule has 1 aromatic rings. The minimum atomic E-state index is -1.27. The average molecular weight is 350 g/mol. The third-order valence-corrected chi connectivity index (χ3v) is 4.29. The van der Waals surface area contributed by atoms with Gasteiger partial charge in [-0.1, -0.05) is 0 Å². The standard InChI is InChI=1S/C13H14BrF2NO3/c1-6-9(14)11(16)10(15)8(13(19)20-2)12(6)17(5-18)7-3-4-7/h7,18H,3-5H2,1-2H3. The molecular weight excluding hydrogens is 336 g/mol. The van der Waals surface area contributed by atoms with Crippen molar-refractivity contribution in [1.82, 2.24) is 0 Å². The third kappa shape index (κ3) is 2.40. The van der Waals surface area contributed by atoms with Crippen molar-refractivity contribution in [3.63, 3.8) is 0 Å². The van der Waals surface area contributed by atoms with Crippen molar-refractivity contribution in [2.45, 2.75) is 25.8 Å². The fraction of sp³-hybridized carbons (Fsp3) is 0.462. The molecule has 0 heterocycles.